The lowest BCUT2D eigenvalue weighted by molar-refractivity contribution is 0.136. The minimum Gasteiger partial charge on any atom is -0.496 e. The van der Waals surface area contributed by atoms with E-state index < -0.39 is 6.10 Å². The van der Waals surface area contributed by atoms with Crippen LogP contribution in [0.25, 0.3) is 0 Å². The van der Waals surface area contributed by atoms with Gasteiger partial charge in [-0.3, -0.25) is 0 Å². The third-order valence-corrected chi connectivity index (χ3v) is 2.81. The molecule has 1 aliphatic carbocycles. The van der Waals surface area contributed by atoms with Crippen molar-refractivity contribution in [1.82, 2.24) is 0 Å². The summed E-state index contributed by atoms with van der Waals surface area (Å²) in [6.07, 6.45) is 0.882. The summed E-state index contributed by atoms with van der Waals surface area (Å²) in [5, 5.41) is 9.66. The van der Waals surface area contributed by atoms with E-state index in [1.807, 2.05) is 18.2 Å². The van der Waals surface area contributed by atoms with E-state index >= 15 is 0 Å². The minimum absolute atomic E-state index is 0.144. The van der Waals surface area contributed by atoms with E-state index in [0.29, 0.717) is 6.42 Å². The smallest absolute Gasteiger partial charge is 0.122 e. The van der Waals surface area contributed by atoms with Crippen LogP contribution in [0.5, 0.6) is 5.75 Å². The molecule has 0 saturated carbocycles. The molecular formula is C11H15NO2. The third-order valence-electron chi connectivity index (χ3n) is 2.81. The van der Waals surface area contributed by atoms with Gasteiger partial charge < -0.3 is 15.6 Å². The van der Waals surface area contributed by atoms with E-state index in [0.717, 1.165) is 17.7 Å². The van der Waals surface area contributed by atoms with Gasteiger partial charge in [0.25, 0.3) is 0 Å². The number of fused-ring (bicyclic) bond motifs is 1. The highest BCUT2D eigenvalue weighted by Gasteiger charge is 2.25. The standard InChI is InChI=1S/C11H15NO2/c1-14-11-4-2-3-7-5-9(12)10(13)6-8(7)11/h2-4,9-10,13H,5-6,12H2,1H3/t9-,10?/m1/s1. The molecule has 1 aliphatic rings. The van der Waals surface area contributed by atoms with E-state index in [-0.39, 0.29) is 6.04 Å². The van der Waals surface area contributed by atoms with Crippen molar-refractivity contribution in [3.05, 3.63) is 29.3 Å². The molecule has 76 valence electrons. The van der Waals surface area contributed by atoms with E-state index in [4.69, 9.17) is 10.5 Å². The molecule has 2 atom stereocenters. The number of aliphatic hydroxyl groups is 1. The fraction of sp³-hybridized carbons (Fsp3) is 0.455. The van der Waals surface area contributed by atoms with Crippen LogP contribution in [0.15, 0.2) is 18.2 Å². The number of methoxy groups -OCH3 is 1. The summed E-state index contributed by atoms with van der Waals surface area (Å²) in [4.78, 5) is 0. The van der Waals surface area contributed by atoms with Gasteiger partial charge in [-0.2, -0.15) is 0 Å². The minimum atomic E-state index is -0.446. The zero-order valence-electron chi connectivity index (χ0n) is 8.23. The number of hydrogen-bond donors (Lipinski definition) is 2. The molecule has 0 spiro atoms. The van der Waals surface area contributed by atoms with Gasteiger partial charge in [-0.25, -0.2) is 0 Å². The van der Waals surface area contributed by atoms with Gasteiger partial charge in [0.05, 0.1) is 13.2 Å². The molecule has 3 nitrogen and oxygen atoms in total. The Labute approximate surface area is 83.5 Å². The molecule has 3 N–H and O–H groups in total. The van der Waals surface area contributed by atoms with Crippen molar-refractivity contribution in [2.24, 2.45) is 5.73 Å². The molecule has 1 aromatic carbocycles. The number of aliphatic hydroxyl groups excluding tert-OH is 1. The van der Waals surface area contributed by atoms with E-state index in [1.165, 1.54) is 5.56 Å². The lowest BCUT2D eigenvalue weighted by Gasteiger charge is -2.27. The molecule has 0 fully saturated rings. The zero-order chi connectivity index (χ0) is 10.1. The highest BCUT2D eigenvalue weighted by atomic mass is 16.5. The summed E-state index contributed by atoms with van der Waals surface area (Å²) in [6, 6.07) is 5.78. The first-order valence-electron chi connectivity index (χ1n) is 4.80. The van der Waals surface area contributed by atoms with Crippen molar-refractivity contribution in [3.63, 3.8) is 0 Å². The molecule has 1 unspecified atom stereocenters. The Kier molecular flexibility index (Phi) is 2.44. The Morgan fingerprint density at radius 3 is 2.93 bits per heavy atom. The second-order valence-electron chi connectivity index (χ2n) is 3.74. The number of rotatable bonds is 1. The van der Waals surface area contributed by atoms with Crippen LogP contribution in [0.2, 0.25) is 0 Å². The maximum Gasteiger partial charge on any atom is 0.122 e. The van der Waals surface area contributed by atoms with E-state index in [1.54, 1.807) is 7.11 Å². The maximum absolute atomic E-state index is 9.66. The Hall–Kier alpha value is -1.06. The Balaban J connectivity index is 2.41. The van der Waals surface area contributed by atoms with Gasteiger partial charge in [0.2, 0.25) is 0 Å². The molecule has 14 heavy (non-hydrogen) atoms. The van der Waals surface area contributed by atoms with E-state index in [2.05, 4.69) is 0 Å². The number of benzene rings is 1. The zero-order valence-corrected chi connectivity index (χ0v) is 8.23. The third kappa shape index (κ3) is 1.49. The fourth-order valence-electron chi connectivity index (χ4n) is 1.98. The predicted octanol–water partition coefficient (Wildman–Crippen LogP) is 0.482. The summed E-state index contributed by atoms with van der Waals surface area (Å²) in [7, 11) is 1.65. The summed E-state index contributed by atoms with van der Waals surface area (Å²) >= 11 is 0. The van der Waals surface area contributed by atoms with Crippen molar-refractivity contribution in [2.45, 2.75) is 25.0 Å². The van der Waals surface area contributed by atoms with Crippen LogP contribution in [-0.2, 0) is 12.8 Å². The molecule has 0 aromatic heterocycles. The normalized spacial score (nSPS) is 25.6. The number of nitrogens with two attached hydrogens (primary N) is 1. The van der Waals surface area contributed by atoms with Gasteiger partial charge in [-0.15, -0.1) is 0 Å². The van der Waals surface area contributed by atoms with Gasteiger partial charge in [-0.05, 0) is 23.6 Å². The van der Waals surface area contributed by atoms with Crippen LogP contribution in [-0.4, -0.2) is 24.4 Å². The van der Waals surface area contributed by atoms with Crippen molar-refractivity contribution >= 4 is 0 Å². The molecule has 0 amide bonds. The maximum atomic E-state index is 9.66. The number of hydrogen-bond acceptors (Lipinski definition) is 3. The lowest BCUT2D eigenvalue weighted by Crippen LogP contribution is -2.41. The topological polar surface area (TPSA) is 55.5 Å². The van der Waals surface area contributed by atoms with Gasteiger partial charge >= 0.3 is 0 Å². The van der Waals surface area contributed by atoms with Crippen LogP contribution in [0, 0.1) is 0 Å². The Morgan fingerprint density at radius 1 is 1.43 bits per heavy atom. The molecule has 1 aromatic rings. The van der Waals surface area contributed by atoms with Crippen molar-refractivity contribution in [2.75, 3.05) is 7.11 Å². The summed E-state index contributed by atoms with van der Waals surface area (Å²) in [6.45, 7) is 0. The summed E-state index contributed by atoms with van der Waals surface area (Å²) in [5.41, 5.74) is 8.09. The van der Waals surface area contributed by atoms with Crippen molar-refractivity contribution in [3.8, 4) is 5.75 Å². The molecule has 0 aliphatic heterocycles. The molecule has 0 bridgehead atoms. The van der Waals surface area contributed by atoms with Gasteiger partial charge in [0.15, 0.2) is 0 Å². The van der Waals surface area contributed by atoms with Crippen LogP contribution in [0.4, 0.5) is 0 Å². The largest absolute Gasteiger partial charge is 0.496 e. The van der Waals surface area contributed by atoms with E-state index in [9.17, 15) is 5.11 Å². The second-order valence-corrected chi connectivity index (χ2v) is 3.74. The van der Waals surface area contributed by atoms with Gasteiger partial charge in [0.1, 0.15) is 5.75 Å². The molecule has 0 radical (unpaired) electrons. The molecule has 0 heterocycles. The lowest BCUT2D eigenvalue weighted by atomic mass is 9.86. The van der Waals surface area contributed by atoms with Crippen molar-refractivity contribution in [1.29, 1.82) is 0 Å². The Morgan fingerprint density at radius 2 is 2.21 bits per heavy atom. The van der Waals surface area contributed by atoms with Crippen molar-refractivity contribution < 1.29 is 9.84 Å². The first-order chi connectivity index (χ1) is 6.72. The monoisotopic (exact) mass is 193 g/mol. The number of ether oxygens (including phenoxy) is 1. The highest BCUT2D eigenvalue weighted by molar-refractivity contribution is 5.43. The average Bonchev–Trinajstić information content (AvgIpc) is 2.19. The van der Waals surface area contributed by atoms with Crippen LogP contribution in [0.1, 0.15) is 11.1 Å². The quantitative estimate of drug-likeness (QED) is 0.682. The first-order valence-corrected chi connectivity index (χ1v) is 4.80. The highest BCUT2D eigenvalue weighted by Crippen LogP contribution is 2.28. The second kappa shape index (κ2) is 3.59. The average molecular weight is 193 g/mol. The molecular weight excluding hydrogens is 178 g/mol. The predicted molar refractivity (Wildman–Crippen MR) is 54.4 cm³/mol. The fourth-order valence-corrected chi connectivity index (χ4v) is 1.98. The van der Waals surface area contributed by atoms with Gasteiger partial charge in [-0.1, -0.05) is 12.1 Å². The summed E-state index contributed by atoms with van der Waals surface area (Å²) < 4.78 is 5.24. The van der Waals surface area contributed by atoms with Crippen LogP contribution < -0.4 is 10.5 Å². The SMILES string of the molecule is COc1cccc2c1CC(O)[C@H](N)C2. The first kappa shape index (κ1) is 9.49. The van der Waals surface area contributed by atoms with Crippen LogP contribution in [0.3, 0.4) is 0 Å². The van der Waals surface area contributed by atoms with Crippen LogP contribution >= 0.6 is 0 Å². The molecule has 0 saturated heterocycles. The summed E-state index contributed by atoms with van der Waals surface area (Å²) in [5.74, 6) is 0.855. The van der Waals surface area contributed by atoms with Gasteiger partial charge in [0, 0.05) is 12.5 Å². The molecule has 3 heteroatoms. The Bertz CT molecular complexity index is 338. The molecule has 2 rings (SSSR count).